The molecular weight excluding hydrogens is 432 g/mol. The summed E-state index contributed by atoms with van der Waals surface area (Å²) in [6.45, 7) is 8.29. The molecule has 2 bridgehead atoms. The maximum absolute atomic E-state index is 9.94. The fraction of sp³-hybridized carbons (Fsp3) is 0.548. The van der Waals surface area contributed by atoms with E-state index in [9.17, 15) is 5.11 Å². The van der Waals surface area contributed by atoms with Crippen LogP contribution in [0.1, 0.15) is 68.7 Å². The average Bonchev–Trinajstić information content (AvgIpc) is 3.15. The van der Waals surface area contributed by atoms with Gasteiger partial charge in [-0.25, -0.2) is 0 Å². The van der Waals surface area contributed by atoms with Gasteiger partial charge in [-0.05, 0) is 97.4 Å². The third-order valence-electron chi connectivity index (χ3n) is 9.65. The molecular formula is C31H38N2O2. The minimum absolute atomic E-state index is 0.212. The molecule has 2 aromatic carbocycles. The first-order valence-corrected chi connectivity index (χ1v) is 13.7. The first-order valence-electron chi connectivity index (χ1n) is 13.7. The highest BCUT2D eigenvalue weighted by atomic mass is 16.5. The van der Waals surface area contributed by atoms with Crippen molar-refractivity contribution in [3.8, 4) is 5.75 Å². The van der Waals surface area contributed by atoms with Gasteiger partial charge >= 0.3 is 0 Å². The largest absolute Gasteiger partial charge is 0.488 e. The molecule has 2 heterocycles. The Labute approximate surface area is 209 Å². The van der Waals surface area contributed by atoms with E-state index in [4.69, 9.17) is 4.74 Å². The summed E-state index contributed by atoms with van der Waals surface area (Å²) in [4.78, 5) is 5.33. The van der Waals surface area contributed by atoms with Crippen molar-refractivity contribution in [2.45, 2.75) is 76.1 Å². The molecule has 35 heavy (non-hydrogen) atoms. The zero-order chi connectivity index (χ0) is 23.8. The average molecular weight is 471 g/mol. The molecule has 4 nitrogen and oxygen atoms in total. The summed E-state index contributed by atoms with van der Waals surface area (Å²) in [6, 6.07) is 18.9. The van der Waals surface area contributed by atoms with Crippen LogP contribution < -0.4 is 4.74 Å². The van der Waals surface area contributed by atoms with Crippen LogP contribution in [0.3, 0.4) is 0 Å². The molecule has 3 saturated carbocycles. The second-order valence-corrected chi connectivity index (χ2v) is 12.2. The van der Waals surface area contributed by atoms with Crippen molar-refractivity contribution in [3.63, 3.8) is 0 Å². The summed E-state index contributed by atoms with van der Waals surface area (Å²) in [5.74, 6) is 0.999. The molecule has 0 spiro atoms. The van der Waals surface area contributed by atoms with E-state index in [1.807, 2.05) is 0 Å². The molecule has 4 fully saturated rings. The monoisotopic (exact) mass is 470 g/mol. The Morgan fingerprint density at radius 1 is 1.03 bits per heavy atom. The summed E-state index contributed by atoms with van der Waals surface area (Å²) < 4.78 is 6.29. The third kappa shape index (κ3) is 3.29. The van der Waals surface area contributed by atoms with E-state index < -0.39 is 0 Å². The molecule has 1 saturated heterocycles. The van der Waals surface area contributed by atoms with Crippen molar-refractivity contribution in [1.29, 1.82) is 0 Å². The Kier molecular flexibility index (Phi) is 5.00. The Morgan fingerprint density at radius 3 is 2.49 bits per heavy atom. The van der Waals surface area contributed by atoms with Gasteiger partial charge in [0.15, 0.2) is 0 Å². The van der Waals surface area contributed by atoms with E-state index >= 15 is 0 Å². The topological polar surface area (TPSA) is 35.9 Å². The molecule has 2 aliphatic heterocycles. The summed E-state index contributed by atoms with van der Waals surface area (Å²) >= 11 is 0. The van der Waals surface area contributed by atoms with Gasteiger partial charge in [0.2, 0.25) is 0 Å². The first kappa shape index (κ1) is 22.1. The van der Waals surface area contributed by atoms with Crippen molar-refractivity contribution in [2.24, 2.45) is 5.41 Å². The molecule has 1 N–H and O–H groups in total. The number of likely N-dealkylation sites (tertiary alicyclic amines) is 1. The molecule has 0 aromatic heterocycles. The number of aliphatic hydroxyl groups excluding tert-OH is 1. The van der Waals surface area contributed by atoms with E-state index in [0.29, 0.717) is 24.8 Å². The number of fused-ring (bicyclic) bond motifs is 2. The van der Waals surface area contributed by atoms with E-state index in [1.54, 1.807) is 11.1 Å². The number of aliphatic hydroxyl groups is 1. The summed E-state index contributed by atoms with van der Waals surface area (Å²) in [7, 11) is 0. The van der Waals surface area contributed by atoms with Crippen LogP contribution in [0, 0.1) is 5.41 Å². The second-order valence-electron chi connectivity index (χ2n) is 12.2. The number of hydrogen-bond acceptors (Lipinski definition) is 4. The van der Waals surface area contributed by atoms with E-state index in [-0.39, 0.29) is 11.0 Å². The molecule has 2 atom stereocenters. The van der Waals surface area contributed by atoms with E-state index in [0.717, 1.165) is 50.9 Å². The summed E-state index contributed by atoms with van der Waals surface area (Å²) in [5.41, 5.74) is 8.03. The quantitative estimate of drug-likeness (QED) is 0.602. The van der Waals surface area contributed by atoms with Crippen LogP contribution in [-0.4, -0.2) is 58.8 Å². The molecule has 8 rings (SSSR count). The lowest BCUT2D eigenvalue weighted by Crippen LogP contribution is -2.77. The van der Waals surface area contributed by atoms with Gasteiger partial charge in [-0.3, -0.25) is 9.80 Å². The standard InChI is InChI=1S/C31H38N2O2/c1-3-12-32-15-25(16-32)35-24-10-8-22(9-11-24)29-28-14-23-6-4-5-7-26(23)27(28)13-21(2)33(29)31-17-30(18-31,19-31)20-34/h4-11,21,25,29,34H,3,12-20H2,1-2H3/t21-,29-,30?,31?/m1/s1. The van der Waals surface area contributed by atoms with Crippen LogP contribution in [-0.2, 0) is 6.42 Å². The van der Waals surface area contributed by atoms with Gasteiger partial charge in [0.05, 0.1) is 6.04 Å². The molecule has 0 unspecified atom stereocenters. The van der Waals surface area contributed by atoms with Gasteiger partial charge in [0.1, 0.15) is 11.9 Å². The van der Waals surface area contributed by atoms with Gasteiger partial charge < -0.3 is 9.84 Å². The van der Waals surface area contributed by atoms with Crippen molar-refractivity contribution in [3.05, 3.63) is 70.8 Å². The molecule has 4 heteroatoms. The van der Waals surface area contributed by atoms with Crippen LogP contribution >= 0.6 is 0 Å². The van der Waals surface area contributed by atoms with Gasteiger partial charge in [-0.15, -0.1) is 0 Å². The molecule has 0 amide bonds. The minimum atomic E-state index is 0.212. The van der Waals surface area contributed by atoms with Crippen molar-refractivity contribution < 1.29 is 9.84 Å². The SMILES string of the molecule is CCCN1CC(Oc2ccc([C@@H]3C4=C(C[C@@H](C)N3C35CC(CO)(C3)C5)c3ccccc3C4)cc2)C1. The fourth-order valence-electron chi connectivity index (χ4n) is 8.27. The summed E-state index contributed by atoms with van der Waals surface area (Å²) in [6.07, 6.45) is 7.20. The van der Waals surface area contributed by atoms with Crippen molar-refractivity contribution >= 4 is 5.57 Å². The van der Waals surface area contributed by atoms with Crippen LogP contribution in [0.5, 0.6) is 5.75 Å². The highest BCUT2D eigenvalue weighted by molar-refractivity contribution is 5.79. The fourth-order valence-corrected chi connectivity index (χ4v) is 8.27. The van der Waals surface area contributed by atoms with Crippen LogP contribution in [0.15, 0.2) is 54.1 Å². The van der Waals surface area contributed by atoms with Crippen LogP contribution in [0.2, 0.25) is 0 Å². The number of rotatable bonds is 7. The smallest absolute Gasteiger partial charge is 0.124 e. The Bertz CT molecular complexity index is 1140. The number of hydrogen-bond donors (Lipinski definition) is 1. The van der Waals surface area contributed by atoms with Crippen LogP contribution in [0.4, 0.5) is 0 Å². The third-order valence-corrected chi connectivity index (χ3v) is 9.65. The Morgan fingerprint density at radius 2 is 1.77 bits per heavy atom. The lowest BCUT2D eigenvalue weighted by molar-refractivity contribution is -0.253. The predicted octanol–water partition coefficient (Wildman–Crippen LogP) is 5.22. The number of nitrogens with zero attached hydrogens (tertiary/aromatic N) is 2. The molecule has 0 radical (unpaired) electrons. The highest BCUT2D eigenvalue weighted by Gasteiger charge is 2.71. The van der Waals surface area contributed by atoms with E-state index in [2.05, 4.69) is 72.2 Å². The zero-order valence-corrected chi connectivity index (χ0v) is 21.2. The molecule has 2 aromatic rings. The van der Waals surface area contributed by atoms with Gasteiger partial charge in [0.25, 0.3) is 0 Å². The predicted molar refractivity (Wildman–Crippen MR) is 139 cm³/mol. The second kappa shape index (κ2) is 7.93. The maximum atomic E-state index is 9.94. The van der Waals surface area contributed by atoms with Gasteiger partial charge in [0, 0.05) is 31.3 Å². The Hall–Kier alpha value is -2.14. The molecule has 4 aliphatic carbocycles. The van der Waals surface area contributed by atoms with E-state index in [1.165, 1.54) is 29.7 Å². The maximum Gasteiger partial charge on any atom is 0.124 e. The summed E-state index contributed by atoms with van der Waals surface area (Å²) in [5, 5.41) is 9.94. The molecule has 184 valence electrons. The highest BCUT2D eigenvalue weighted by Crippen LogP contribution is 2.72. The van der Waals surface area contributed by atoms with Gasteiger partial charge in [-0.1, -0.05) is 43.3 Å². The lowest BCUT2D eigenvalue weighted by Gasteiger charge is -2.76. The van der Waals surface area contributed by atoms with Gasteiger partial charge in [-0.2, -0.15) is 0 Å². The van der Waals surface area contributed by atoms with Crippen molar-refractivity contribution in [2.75, 3.05) is 26.2 Å². The lowest BCUT2D eigenvalue weighted by atomic mass is 9.38. The zero-order valence-electron chi connectivity index (χ0n) is 21.2. The minimum Gasteiger partial charge on any atom is -0.488 e. The van der Waals surface area contributed by atoms with Crippen LogP contribution in [0.25, 0.3) is 5.57 Å². The number of ether oxygens (including phenoxy) is 1. The normalized spacial score (nSPS) is 34.0. The molecule has 6 aliphatic rings. The van der Waals surface area contributed by atoms with Crippen molar-refractivity contribution in [1.82, 2.24) is 9.80 Å². The first-order chi connectivity index (χ1) is 17.0. The number of benzene rings is 2. The Balaban J connectivity index is 1.19.